The number of rotatable bonds is 7. The molecule has 1 spiro atoms. The van der Waals surface area contributed by atoms with Gasteiger partial charge in [-0.1, -0.05) is 34.6 Å². The highest BCUT2D eigenvalue weighted by molar-refractivity contribution is 5.89. The number of nitrogens with one attached hydrogen (secondary N) is 1. The molecule has 2 fully saturated rings. The van der Waals surface area contributed by atoms with Crippen LogP contribution in [-0.4, -0.2) is 61.0 Å². The van der Waals surface area contributed by atoms with Gasteiger partial charge in [0.1, 0.15) is 6.61 Å². The van der Waals surface area contributed by atoms with Crippen molar-refractivity contribution >= 4 is 11.9 Å². The third-order valence-corrected chi connectivity index (χ3v) is 7.52. The van der Waals surface area contributed by atoms with Crippen molar-refractivity contribution < 1.29 is 23.8 Å². The van der Waals surface area contributed by atoms with Gasteiger partial charge >= 0.3 is 5.97 Å². The molecule has 1 saturated heterocycles. The largest absolute Gasteiger partial charge is 0.465 e. The van der Waals surface area contributed by atoms with E-state index in [4.69, 9.17) is 19.7 Å². The lowest BCUT2D eigenvalue weighted by Crippen LogP contribution is -2.71. The minimum Gasteiger partial charge on any atom is -0.465 e. The number of likely N-dealkylation sites (N-methyl/N-ethyl adjacent to an activating group) is 1. The van der Waals surface area contributed by atoms with E-state index in [1.165, 1.54) is 6.92 Å². The van der Waals surface area contributed by atoms with E-state index in [1.54, 1.807) is 4.90 Å². The first-order chi connectivity index (χ1) is 14.3. The quantitative estimate of drug-likeness (QED) is 0.474. The summed E-state index contributed by atoms with van der Waals surface area (Å²) in [5.41, 5.74) is 5.25. The molecule has 2 aliphatic rings. The molecule has 2 rings (SSSR count). The zero-order valence-electron chi connectivity index (χ0n) is 20.6. The van der Waals surface area contributed by atoms with Crippen LogP contribution in [0.3, 0.4) is 0 Å². The molecule has 0 radical (unpaired) electrons. The van der Waals surface area contributed by atoms with Crippen LogP contribution in [0.1, 0.15) is 74.7 Å². The van der Waals surface area contributed by atoms with Crippen molar-refractivity contribution in [1.29, 1.82) is 5.53 Å². The average Bonchev–Trinajstić information content (AvgIpc) is 2.68. The molecule has 1 saturated carbocycles. The summed E-state index contributed by atoms with van der Waals surface area (Å²) in [4.78, 5) is 26.8. The molecule has 0 unspecified atom stereocenters. The Morgan fingerprint density at radius 2 is 1.48 bits per heavy atom. The number of ether oxygens (including phenoxy) is 3. The number of hydrogen-bond acceptors (Lipinski definition) is 7. The van der Waals surface area contributed by atoms with Gasteiger partial charge in [-0.2, -0.15) is 5.11 Å². The van der Waals surface area contributed by atoms with Gasteiger partial charge < -0.3 is 19.1 Å². The summed E-state index contributed by atoms with van der Waals surface area (Å²) in [5.74, 6) is -1.28. The second kappa shape index (κ2) is 8.77. The molecule has 8 heteroatoms. The molecule has 0 aromatic rings. The second-order valence-corrected chi connectivity index (χ2v) is 10.5. The number of hydrogen-bond donors (Lipinski definition) is 1. The van der Waals surface area contributed by atoms with Crippen molar-refractivity contribution in [1.82, 2.24) is 4.90 Å². The lowest BCUT2D eigenvalue weighted by Gasteiger charge is -2.62. The van der Waals surface area contributed by atoms with Gasteiger partial charge in [0.25, 0.3) is 5.91 Å². The molecule has 0 bridgehead atoms. The standard InChI is InChI=1S/C23H41N3O5/c1-9-21(14-29-17(4)27)15-30-22(31-16-21)12-19(5,6)23(25-24,20(7,8)13-22)18(28)26(10-2)11-3/h24H,9-16H2,1-8H3. The van der Waals surface area contributed by atoms with E-state index in [2.05, 4.69) is 5.11 Å². The Balaban J connectivity index is 2.36. The number of carbonyl (C=O) groups excluding carboxylic acids is 2. The van der Waals surface area contributed by atoms with Gasteiger partial charge in [-0.15, -0.1) is 0 Å². The molecule has 1 amide bonds. The molecule has 1 heterocycles. The molecule has 178 valence electrons. The maximum absolute atomic E-state index is 13.7. The van der Waals surface area contributed by atoms with E-state index < -0.39 is 22.2 Å². The molecule has 31 heavy (non-hydrogen) atoms. The third-order valence-electron chi connectivity index (χ3n) is 7.52. The Labute approximate surface area is 186 Å². The van der Waals surface area contributed by atoms with E-state index in [0.29, 0.717) is 39.1 Å². The van der Waals surface area contributed by atoms with E-state index in [0.717, 1.165) is 6.42 Å². The first-order valence-corrected chi connectivity index (χ1v) is 11.4. The smallest absolute Gasteiger partial charge is 0.302 e. The molecular weight excluding hydrogens is 398 g/mol. The van der Waals surface area contributed by atoms with Crippen LogP contribution in [0.15, 0.2) is 5.11 Å². The van der Waals surface area contributed by atoms with Crippen molar-refractivity contribution in [3.05, 3.63) is 0 Å². The van der Waals surface area contributed by atoms with Crippen LogP contribution in [0.4, 0.5) is 0 Å². The van der Waals surface area contributed by atoms with E-state index >= 15 is 0 Å². The Hall–Kier alpha value is -1.54. The highest BCUT2D eigenvalue weighted by Crippen LogP contribution is 2.61. The molecule has 1 aliphatic heterocycles. The van der Waals surface area contributed by atoms with E-state index in [-0.39, 0.29) is 23.9 Å². The summed E-state index contributed by atoms with van der Waals surface area (Å²) < 4.78 is 18.1. The van der Waals surface area contributed by atoms with Gasteiger partial charge in [0.05, 0.1) is 18.6 Å². The molecule has 1 aliphatic carbocycles. The molecule has 8 nitrogen and oxygen atoms in total. The minimum absolute atomic E-state index is 0.106. The van der Waals surface area contributed by atoms with Gasteiger partial charge in [0.15, 0.2) is 11.3 Å². The van der Waals surface area contributed by atoms with Crippen molar-refractivity contribution in [2.75, 3.05) is 32.9 Å². The average molecular weight is 440 g/mol. The van der Waals surface area contributed by atoms with Crippen molar-refractivity contribution in [3.63, 3.8) is 0 Å². The molecule has 0 atom stereocenters. The first kappa shape index (κ1) is 25.7. The summed E-state index contributed by atoms with van der Waals surface area (Å²) >= 11 is 0. The van der Waals surface area contributed by atoms with Crippen molar-refractivity contribution in [2.45, 2.75) is 86.0 Å². The first-order valence-electron chi connectivity index (χ1n) is 11.4. The lowest BCUT2D eigenvalue weighted by molar-refractivity contribution is -0.348. The van der Waals surface area contributed by atoms with E-state index in [9.17, 15) is 9.59 Å². The Morgan fingerprint density at radius 1 is 1.00 bits per heavy atom. The van der Waals surface area contributed by atoms with Crippen LogP contribution in [-0.2, 0) is 23.8 Å². The predicted molar refractivity (Wildman–Crippen MR) is 117 cm³/mol. The fraction of sp³-hybridized carbons (Fsp3) is 0.913. The fourth-order valence-electron chi connectivity index (χ4n) is 5.75. The Morgan fingerprint density at radius 3 is 1.84 bits per heavy atom. The number of esters is 1. The van der Waals surface area contributed by atoms with Gasteiger partial charge in [0, 0.05) is 43.7 Å². The third kappa shape index (κ3) is 4.25. The maximum atomic E-state index is 13.7. The normalized spacial score (nSPS) is 34.2. The van der Waals surface area contributed by atoms with Crippen LogP contribution in [0.5, 0.6) is 0 Å². The summed E-state index contributed by atoms with van der Waals surface area (Å²) in [6, 6.07) is 0. The highest BCUT2D eigenvalue weighted by atomic mass is 16.7. The minimum atomic E-state index is -1.21. The predicted octanol–water partition coefficient (Wildman–Crippen LogP) is 4.17. The fourth-order valence-corrected chi connectivity index (χ4v) is 5.75. The Kier molecular flexibility index (Phi) is 7.28. The van der Waals surface area contributed by atoms with Gasteiger partial charge in [0.2, 0.25) is 0 Å². The lowest BCUT2D eigenvalue weighted by atomic mass is 9.50. The molecule has 0 aromatic carbocycles. The van der Waals surface area contributed by atoms with Crippen LogP contribution in [0.2, 0.25) is 0 Å². The van der Waals surface area contributed by atoms with E-state index in [1.807, 2.05) is 48.5 Å². The topological polar surface area (TPSA) is 101 Å². The zero-order valence-corrected chi connectivity index (χ0v) is 20.6. The second-order valence-electron chi connectivity index (χ2n) is 10.5. The van der Waals surface area contributed by atoms with Crippen molar-refractivity contribution in [3.8, 4) is 0 Å². The van der Waals surface area contributed by atoms with Crippen LogP contribution < -0.4 is 0 Å². The molecular formula is C23H41N3O5. The van der Waals surface area contributed by atoms with Crippen LogP contribution in [0, 0.1) is 21.8 Å². The summed E-state index contributed by atoms with van der Waals surface area (Å²) in [5, 5.41) is 4.06. The van der Waals surface area contributed by atoms with Gasteiger partial charge in [-0.05, 0) is 20.3 Å². The number of amides is 1. The van der Waals surface area contributed by atoms with Gasteiger partial charge in [-0.25, -0.2) is 5.53 Å². The Bertz CT molecular complexity index is 671. The van der Waals surface area contributed by atoms with Crippen LogP contribution in [0.25, 0.3) is 0 Å². The molecule has 1 N–H and O–H groups in total. The molecule has 0 aromatic heterocycles. The van der Waals surface area contributed by atoms with Crippen LogP contribution >= 0.6 is 0 Å². The monoisotopic (exact) mass is 439 g/mol. The summed E-state index contributed by atoms with van der Waals surface area (Å²) in [6.45, 7) is 17.5. The summed E-state index contributed by atoms with van der Waals surface area (Å²) in [6.07, 6.45) is 1.66. The summed E-state index contributed by atoms with van der Waals surface area (Å²) in [7, 11) is 0. The highest BCUT2D eigenvalue weighted by Gasteiger charge is 2.69. The number of nitrogens with zero attached hydrogens (tertiary/aromatic N) is 2. The maximum Gasteiger partial charge on any atom is 0.302 e. The van der Waals surface area contributed by atoms with Gasteiger partial charge in [-0.3, -0.25) is 9.59 Å². The van der Waals surface area contributed by atoms with Crippen molar-refractivity contribution in [2.24, 2.45) is 21.4 Å². The SMILES string of the molecule is CCN(CC)C(=O)C1(N=N)C(C)(C)CC2(CC1(C)C)OCC(CC)(COC(C)=O)CO2. The number of carbonyl (C=O) groups is 2. The zero-order chi connectivity index (χ0) is 23.7.